The van der Waals surface area contributed by atoms with E-state index < -0.39 is 23.8 Å². The van der Waals surface area contributed by atoms with Crippen LogP contribution in [-0.4, -0.2) is 12.5 Å². The lowest BCUT2D eigenvalue weighted by Gasteiger charge is -2.03. The maximum absolute atomic E-state index is 13.1. The summed E-state index contributed by atoms with van der Waals surface area (Å²) < 4.78 is 25.0. The predicted molar refractivity (Wildman–Crippen MR) is 46.7 cm³/mol. The van der Waals surface area contributed by atoms with Gasteiger partial charge in [0.25, 0.3) is 0 Å². The standard InChI is InChI=1S/C8H4Cl2F2O/c9-4-1-2-5(10)8(12)7(4)6(13)3-11/h1-2H,3H2. The molecule has 0 saturated carbocycles. The molecule has 0 unspecified atom stereocenters. The van der Waals surface area contributed by atoms with E-state index >= 15 is 0 Å². The first kappa shape index (κ1) is 10.4. The van der Waals surface area contributed by atoms with Crippen LogP contribution in [0.25, 0.3) is 0 Å². The summed E-state index contributed by atoms with van der Waals surface area (Å²) in [5.74, 6) is -1.98. The van der Waals surface area contributed by atoms with Crippen LogP contribution in [0.1, 0.15) is 10.4 Å². The van der Waals surface area contributed by atoms with Gasteiger partial charge in [0.15, 0.2) is 18.3 Å². The molecule has 0 aliphatic carbocycles. The molecule has 0 spiro atoms. The Morgan fingerprint density at radius 1 is 1.31 bits per heavy atom. The number of hydrogen-bond donors (Lipinski definition) is 0. The van der Waals surface area contributed by atoms with Crippen molar-refractivity contribution in [2.75, 3.05) is 6.67 Å². The number of alkyl halides is 1. The Bertz CT molecular complexity index is 352. The Balaban J connectivity index is 3.33. The van der Waals surface area contributed by atoms with E-state index in [4.69, 9.17) is 23.2 Å². The molecule has 0 aliphatic heterocycles. The Morgan fingerprint density at radius 3 is 2.38 bits per heavy atom. The van der Waals surface area contributed by atoms with Crippen LogP contribution < -0.4 is 0 Å². The predicted octanol–water partition coefficient (Wildman–Crippen LogP) is 3.28. The fraction of sp³-hybridized carbons (Fsp3) is 0.125. The number of halogens is 4. The van der Waals surface area contributed by atoms with Crippen LogP contribution in [0.5, 0.6) is 0 Å². The van der Waals surface area contributed by atoms with Crippen molar-refractivity contribution in [3.05, 3.63) is 33.6 Å². The summed E-state index contributed by atoms with van der Waals surface area (Å²) in [5.41, 5.74) is -0.489. The molecule has 0 atom stereocenters. The SMILES string of the molecule is O=C(CF)c1c(Cl)ccc(Cl)c1F. The van der Waals surface area contributed by atoms with Gasteiger partial charge >= 0.3 is 0 Å². The highest BCUT2D eigenvalue weighted by molar-refractivity contribution is 6.36. The van der Waals surface area contributed by atoms with E-state index in [0.29, 0.717) is 0 Å². The summed E-state index contributed by atoms with van der Waals surface area (Å²) in [4.78, 5) is 10.8. The second kappa shape index (κ2) is 4.03. The molecule has 0 fully saturated rings. The molecule has 0 aromatic heterocycles. The number of benzene rings is 1. The Kier molecular flexibility index (Phi) is 3.22. The van der Waals surface area contributed by atoms with Gasteiger partial charge in [-0.05, 0) is 12.1 Å². The van der Waals surface area contributed by atoms with Crippen LogP contribution in [0.15, 0.2) is 12.1 Å². The topological polar surface area (TPSA) is 17.1 Å². The van der Waals surface area contributed by atoms with Gasteiger partial charge in [-0.1, -0.05) is 23.2 Å². The number of carbonyl (C=O) groups is 1. The van der Waals surface area contributed by atoms with E-state index in [1.54, 1.807) is 0 Å². The van der Waals surface area contributed by atoms with Crippen molar-refractivity contribution in [2.45, 2.75) is 0 Å². The zero-order valence-electron chi connectivity index (χ0n) is 6.28. The monoisotopic (exact) mass is 224 g/mol. The van der Waals surface area contributed by atoms with Gasteiger partial charge in [0.1, 0.15) is 0 Å². The van der Waals surface area contributed by atoms with Gasteiger partial charge in [-0.3, -0.25) is 4.79 Å². The number of Topliss-reactive ketones (excluding diaryl/α,β-unsaturated/α-hetero) is 1. The molecule has 1 aromatic carbocycles. The third-order valence-electron chi connectivity index (χ3n) is 1.44. The normalized spacial score (nSPS) is 10.2. The second-order valence-corrected chi connectivity index (χ2v) is 3.09. The lowest BCUT2D eigenvalue weighted by molar-refractivity contribution is 0.0955. The molecule has 13 heavy (non-hydrogen) atoms. The maximum atomic E-state index is 13.1. The highest BCUT2D eigenvalue weighted by Crippen LogP contribution is 2.25. The van der Waals surface area contributed by atoms with Gasteiger partial charge in [0.2, 0.25) is 0 Å². The van der Waals surface area contributed by atoms with Crippen molar-refractivity contribution in [3.63, 3.8) is 0 Å². The van der Waals surface area contributed by atoms with Crippen LogP contribution >= 0.6 is 23.2 Å². The van der Waals surface area contributed by atoms with Crippen molar-refractivity contribution >= 4 is 29.0 Å². The molecule has 0 bridgehead atoms. The van der Waals surface area contributed by atoms with E-state index in [2.05, 4.69) is 0 Å². The number of rotatable bonds is 2. The average molecular weight is 225 g/mol. The zero-order chi connectivity index (χ0) is 10.0. The molecule has 1 rings (SSSR count). The van der Waals surface area contributed by atoms with Crippen molar-refractivity contribution < 1.29 is 13.6 Å². The largest absolute Gasteiger partial charge is 0.291 e. The molecule has 1 nitrogen and oxygen atoms in total. The molecular weight excluding hydrogens is 221 g/mol. The van der Waals surface area contributed by atoms with Gasteiger partial charge < -0.3 is 0 Å². The number of ketones is 1. The summed E-state index contributed by atoms with van der Waals surface area (Å²) in [6, 6.07) is 2.45. The van der Waals surface area contributed by atoms with E-state index in [9.17, 15) is 13.6 Å². The molecule has 0 aliphatic rings. The van der Waals surface area contributed by atoms with E-state index in [0.717, 1.165) is 0 Å². The smallest absolute Gasteiger partial charge is 0.198 e. The second-order valence-electron chi connectivity index (χ2n) is 2.27. The lowest BCUT2D eigenvalue weighted by atomic mass is 10.1. The van der Waals surface area contributed by atoms with Gasteiger partial charge in [-0.2, -0.15) is 0 Å². The summed E-state index contributed by atoms with van der Waals surface area (Å²) in [7, 11) is 0. The van der Waals surface area contributed by atoms with Crippen molar-refractivity contribution in [1.29, 1.82) is 0 Å². The minimum atomic E-state index is -1.29. The first-order valence-electron chi connectivity index (χ1n) is 3.30. The molecule has 0 N–H and O–H groups in total. The van der Waals surface area contributed by atoms with Crippen LogP contribution in [0.4, 0.5) is 8.78 Å². The molecule has 0 saturated heterocycles. The molecule has 0 heterocycles. The summed E-state index contributed by atoms with van der Waals surface area (Å²) in [5, 5.41) is -0.384. The van der Waals surface area contributed by atoms with E-state index in [1.807, 2.05) is 0 Å². The molecule has 0 amide bonds. The average Bonchev–Trinajstić information content (AvgIpc) is 2.12. The summed E-state index contributed by atoms with van der Waals surface area (Å²) in [6.45, 7) is -1.29. The van der Waals surface area contributed by atoms with Crippen molar-refractivity contribution in [2.24, 2.45) is 0 Å². The molecular formula is C8H4Cl2F2O. The highest BCUT2D eigenvalue weighted by atomic mass is 35.5. The van der Waals surface area contributed by atoms with Crippen LogP contribution in [0.3, 0.4) is 0 Å². The third-order valence-corrected chi connectivity index (χ3v) is 2.05. The Labute approximate surface area is 83.3 Å². The molecule has 0 radical (unpaired) electrons. The number of carbonyl (C=O) groups excluding carboxylic acids is 1. The first-order valence-corrected chi connectivity index (χ1v) is 4.06. The van der Waals surface area contributed by atoms with Gasteiger partial charge in [0.05, 0.1) is 15.6 Å². The van der Waals surface area contributed by atoms with E-state index in [1.165, 1.54) is 12.1 Å². The van der Waals surface area contributed by atoms with Crippen LogP contribution in [-0.2, 0) is 0 Å². The zero-order valence-corrected chi connectivity index (χ0v) is 7.79. The minimum absolute atomic E-state index is 0.135. The van der Waals surface area contributed by atoms with Crippen molar-refractivity contribution in [3.8, 4) is 0 Å². The maximum Gasteiger partial charge on any atom is 0.198 e. The molecule has 70 valence electrons. The van der Waals surface area contributed by atoms with Gasteiger partial charge in [0, 0.05) is 0 Å². The molecule has 5 heteroatoms. The van der Waals surface area contributed by atoms with Crippen molar-refractivity contribution in [1.82, 2.24) is 0 Å². The van der Waals surface area contributed by atoms with Crippen LogP contribution in [0, 0.1) is 5.82 Å². The van der Waals surface area contributed by atoms with E-state index in [-0.39, 0.29) is 10.0 Å². The Morgan fingerprint density at radius 2 is 1.85 bits per heavy atom. The minimum Gasteiger partial charge on any atom is -0.291 e. The fourth-order valence-electron chi connectivity index (χ4n) is 0.849. The van der Waals surface area contributed by atoms with Gasteiger partial charge in [-0.15, -0.1) is 0 Å². The lowest BCUT2D eigenvalue weighted by Crippen LogP contribution is -2.05. The number of hydrogen-bond acceptors (Lipinski definition) is 1. The highest BCUT2D eigenvalue weighted by Gasteiger charge is 2.17. The first-order chi connectivity index (χ1) is 6.07. The Hall–Kier alpha value is -0.670. The van der Waals surface area contributed by atoms with Crippen LogP contribution in [0.2, 0.25) is 10.0 Å². The summed E-state index contributed by atoms with van der Waals surface area (Å²) >= 11 is 10.9. The fourth-order valence-corrected chi connectivity index (χ4v) is 1.26. The molecule has 1 aromatic rings. The quantitative estimate of drug-likeness (QED) is 0.557. The van der Waals surface area contributed by atoms with Gasteiger partial charge in [-0.25, -0.2) is 8.78 Å². The summed E-state index contributed by atoms with van der Waals surface area (Å²) in [6.07, 6.45) is 0. The third kappa shape index (κ3) is 1.98.